The number of rotatable bonds is 10. The molecule has 0 aliphatic rings. The fraction of sp³-hybridized carbons (Fsp3) is 0.222. The molecule has 0 unspecified atom stereocenters. The Kier molecular flexibility index (Phi) is 8.03. The topological polar surface area (TPSA) is 88.1 Å². The first-order valence-corrected chi connectivity index (χ1v) is 10.6. The minimum atomic E-state index is -0.637. The van der Waals surface area contributed by atoms with E-state index in [1.807, 2.05) is 12.1 Å². The van der Waals surface area contributed by atoms with E-state index in [1.54, 1.807) is 42.5 Å². The lowest BCUT2D eigenvalue weighted by atomic mass is 9.93. The average molecular weight is 462 g/mol. The Hall–Kier alpha value is -4.13. The van der Waals surface area contributed by atoms with Gasteiger partial charge in [-0.25, -0.2) is 4.79 Å². The Bertz CT molecular complexity index is 1180. The van der Waals surface area contributed by atoms with Gasteiger partial charge in [0.25, 0.3) is 0 Å². The van der Waals surface area contributed by atoms with Gasteiger partial charge in [-0.1, -0.05) is 12.1 Å². The van der Waals surface area contributed by atoms with Crippen molar-refractivity contribution in [3.63, 3.8) is 0 Å². The Morgan fingerprint density at radius 3 is 1.79 bits per heavy atom. The van der Waals surface area contributed by atoms with Gasteiger partial charge >= 0.3 is 5.97 Å². The van der Waals surface area contributed by atoms with Crippen molar-refractivity contribution in [3.8, 4) is 17.2 Å². The number of esters is 1. The standard InChI is InChI=1S/C27H26O7/c1-31-21-13-11-18(12-14-21)25(28)26(29)22-16-24(33-3)23(32-2)15-20(22)10-7-17-5-8-19(9-6-17)27(30)34-4/h5-6,8-9,11-16H,7,10H2,1-4H3. The minimum Gasteiger partial charge on any atom is -0.497 e. The predicted molar refractivity (Wildman–Crippen MR) is 126 cm³/mol. The summed E-state index contributed by atoms with van der Waals surface area (Å²) in [6.07, 6.45) is 1.04. The van der Waals surface area contributed by atoms with E-state index < -0.39 is 17.5 Å². The van der Waals surface area contributed by atoms with Gasteiger partial charge in [-0.3, -0.25) is 9.59 Å². The lowest BCUT2D eigenvalue weighted by Gasteiger charge is -2.14. The molecule has 176 valence electrons. The normalized spacial score (nSPS) is 10.4. The van der Waals surface area contributed by atoms with Crippen LogP contribution in [0.5, 0.6) is 17.2 Å². The third-order valence-electron chi connectivity index (χ3n) is 5.47. The van der Waals surface area contributed by atoms with Crippen LogP contribution in [0.2, 0.25) is 0 Å². The third-order valence-corrected chi connectivity index (χ3v) is 5.47. The molecule has 0 amide bonds. The second kappa shape index (κ2) is 11.1. The molecule has 0 bridgehead atoms. The highest BCUT2D eigenvalue weighted by atomic mass is 16.5. The largest absolute Gasteiger partial charge is 0.497 e. The SMILES string of the molecule is COC(=O)c1ccc(CCc2cc(OC)c(OC)cc2C(=O)C(=O)c2ccc(OC)cc2)cc1. The van der Waals surface area contributed by atoms with Crippen LogP contribution in [0.15, 0.2) is 60.7 Å². The number of Topliss-reactive ketones (excluding diaryl/α,β-unsaturated/α-hetero) is 2. The van der Waals surface area contributed by atoms with Gasteiger partial charge in [-0.05, 0) is 72.5 Å². The van der Waals surface area contributed by atoms with Crippen LogP contribution in [-0.2, 0) is 17.6 Å². The van der Waals surface area contributed by atoms with Crippen molar-refractivity contribution in [2.75, 3.05) is 28.4 Å². The number of aryl methyl sites for hydroxylation is 2. The summed E-state index contributed by atoms with van der Waals surface area (Å²) in [5, 5.41) is 0. The molecule has 7 nitrogen and oxygen atoms in total. The van der Waals surface area contributed by atoms with E-state index in [0.29, 0.717) is 41.2 Å². The Morgan fingerprint density at radius 1 is 0.647 bits per heavy atom. The van der Waals surface area contributed by atoms with Crippen LogP contribution in [0, 0.1) is 0 Å². The van der Waals surface area contributed by atoms with Crippen LogP contribution in [0.3, 0.4) is 0 Å². The van der Waals surface area contributed by atoms with Crippen molar-refractivity contribution in [3.05, 3.63) is 88.5 Å². The van der Waals surface area contributed by atoms with E-state index in [0.717, 1.165) is 5.56 Å². The predicted octanol–water partition coefficient (Wildman–Crippen LogP) is 4.35. The van der Waals surface area contributed by atoms with E-state index >= 15 is 0 Å². The van der Waals surface area contributed by atoms with Crippen molar-refractivity contribution in [1.29, 1.82) is 0 Å². The molecule has 0 aliphatic carbocycles. The number of ether oxygens (including phenoxy) is 4. The summed E-state index contributed by atoms with van der Waals surface area (Å²) in [5.74, 6) is -0.252. The fourth-order valence-electron chi connectivity index (χ4n) is 3.54. The highest BCUT2D eigenvalue weighted by Crippen LogP contribution is 2.32. The van der Waals surface area contributed by atoms with E-state index in [9.17, 15) is 14.4 Å². The molecule has 0 spiro atoms. The van der Waals surface area contributed by atoms with Gasteiger partial charge in [-0.2, -0.15) is 0 Å². The molecule has 34 heavy (non-hydrogen) atoms. The summed E-state index contributed by atoms with van der Waals surface area (Å²) >= 11 is 0. The number of methoxy groups -OCH3 is 4. The second-order valence-electron chi connectivity index (χ2n) is 7.44. The molecule has 0 saturated heterocycles. The van der Waals surface area contributed by atoms with Gasteiger partial charge in [-0.15, -0.1) is 0 Å². The molecule has 0 N–H and O–H groups in total. The number of ketones is 2. The minimum absolute atomic E-state index is 0.254. The maximum Gasteiger partial charge on any atom is 0.337 e. The number of carbonyl (C=O) groups is 3. The molecule has 3 aromatic rings. The molecule has 0 aromatic heterocycles. The molecular weight excluding hydrogens is 436 g/mol. The molecule has 0 aliphatic heterocycles. The first kappa shape index (κ1) is 24.5. The lowest BCUT2D eigenvalue weighted by molar-refractivity contribution is 0.0600. The number of carbonyl (C=O) groups excluding carboxylic acids is 3. The van der Waals surface area contributed by atoms with E-state index in [2.05, 4.69) is 0 Å². The molecular formula is C27H26O7. The maximum absolute atomic E-state index is 13.2. The highest BCUT2D eigenvalue weighted by molar-refractivity contribution is 6.49. The quantitative estimate of drug-likeness (QED) is 0.251. The molecule has 0 fully saturated rings. The maximum atomic E-state index is 13.2. The summed E-state index contributed by atoms with van der Waals surface area (Å²) in [6.45, 7) is 0. The number of hydrogen-bond donors (Lipinski definition) is 0. The molecule has 0 heterocycles. The number of hydrogen-bond acceptors (Lipinski definition) is 7. The van der Waals surface area contributed by atoms with Crippen molar-refractivity contribution >= 4 is 17.5 Å². The van der Waals surface area contributed by atoms with Crippen LogP contribution in [0.4, 0.5) is 0 Å². The summed E-state index contributed by atoms with van der Waals surface area (Å²) in [7, 11) is 5.84. The van der Waals surface area contributed by atoms with Crippen LogP contribution in [0.1, 0.15) is 42.2 Å². The second-order valence-corrected chi connectivity index (χ2v) is 7.44. The first-order valence-electron chi connectivity index (χ1n) is 10.6. The van der Waals surface area contributed by atoms with Gasteiger partial charge in [0.05, 0.1) is 34.0 Å². The van der Waals surface area contributed by atoms with Crippen molar-refractivity contribution < 1.29 is 33.3 Å². The van der Waals surface area contributed by atoms with Gasteiger partial charge in [0.15, 0.2) is 11.5 Å². The van der Waals surface area contributed by atoms with Gasteiger partial charge < -0.3 is 18.9 Å². The zero-order valence-electron chi connectivity index (χ0n) is 19.5. The summed E-state index contributed by atoms with van der Waals surface area (Å²) in [4.78, 5) is 37.8. The van der Waals surface area contributed by atoms with E-state index in [-0.39, 0.29) is 11.1 Å². The zero-order valence-corrected chi connectivity index (χ0v) is 19.5. The fourth-order valence-corrected chi connectivity index (χ4v) is 3.54. The van der Waals surface area contributed by atoms with Crippen LogP contribution in [-0.4, -0.2) is 46.0 Å². The molecule has 3 aromatic carbocycles. The van der Waals surface area contributed by atoms with Gasteiger partial charge in [0, 0.05) is 11.1 Å². The molecule has 3 rings (SSSR count). The van der Waals surface area contributed by atoms with Crippen molar-refractivity contribution in [1.82, 2.24) is 0 Å². The summed E-state index contributed by atoms with van der Waals surface area (Å²) < 4.78 is 20.6. The Labute approximate surface area is 198 Å². The molecule has 0 radical (unpaired) electrons. The van der Waals surface area contributed by atoms with Gasteiger partial charge in [0.2, 0.25) is 11.6 Å². The van der Waals surface area contributed by atoms with Gasteiger partial charge in [0.1, 0.15) is 5.75 Å². The molecule has 7 heteroatoms. The highest BCUT2D eigenvalue weighted by Gasteiger charge is 2.24. The summed E-state index contributed by atoms with van der Waals surface area (Å²) in [5.41, 5.74) is 2.59. The average Bonchev–Trinajstić information content (AvgIpc) is 2.90. The Balaban J connectivity index is 1.90. The van der Waals surface area contributed by atoms with E-state index in [1.165, 1.54) is 34.5 Å². The lowest BCUT2D eigenvalue weighted by Crippen LogP contribution is -2.17. The van der Waals surface area contributed by atoms with Crippen LogP contribution < -0.4 is 14.2 Å². The Morgan fingerprint density at radius 2 is 1.24 bits per heavy atom. The zero-order chi connectivity index (χ0) is 24.7. The van der Waals surface area contributed by atoms with E-state index in [4.69, 9.17) is 18.9 Å². The van der Waals surface area contributed by atoms with Crippen molar-refractivity contribution in [2.24, 2.45) is 0 Å². The van der Waals surface area contributed by atoms with Crippen LogP contribution >= 0.6 is 0 Å². The van der Waals surface area contributed by atoms with Crippen molar-refractivity contribution in [2.45, 2.75) is 12.8 Å². The van der Waals surface area contributed by atoms with Crippen LogP contribution in [0.25, 0.3) is 0 Å². The molecule has 0 atom stereocenters. The summed E-state index contributed by atoms with van der Waals surface area (Å²) in [6, 6.07) is 16.7. The first-order chi connectivity index (χ1) is 16.4. The monoisotopic (exact) mass is 462 g/mol. The molecule has 0 saturated carbocycles. The smallest absolute Gasteiger partial charge is 0.337 e. The third kappa shape index (κ3) is 5.43. The number of benzene rings is 3.